The molecule has 0 unspecified atom stereocenters. The predicted octanol–water partition coefficient (Wildman–Crippen LogP) is 0.119. The van der Waals surface area contributed by atoms with Crippen LogP contribution >= 0.6 is 0 Å². The lowest BCUT2D eigenvalue weighted by Gasteiger charge is -2.23. The Labute approximate surface area is 78.1 Å². The molecule has 1 heterocycles. The largest absolute Gasteiger partial charge is 0.369 e. The van der Waals surface area contributed by atoms with E-state index < -0.39 is 0 Å². The Morgan fingerprint density at radius 1 is 1.77 bits per heavy atom. The fourth-order valence-electron chi connectivity index (χ4n) is 1.57. The zero-order chi connectivity index (χ0) is 10.0. The number of hydrogen-bond donors (Lipinski definition) is 1. The Hall–Kier alpha value is -1.06. The monoisotopic (exact) mass is 184 g/mol. The maximum atomic E-state index is 11.4. The van der Waals surface area contributed by atoms with Crippen molar-refractivity contribution in [2.75, 3.05) is 6.54 Å². The summed E-state index contributed by atoms with van der Waals surface area (Å²) in [6, 6.07) is 0.219. The lowest BCUT2D eigenvalue weighted by Crippen LogP contribution is -2.35. The molecule has 2 atom stereocenters. The number of rotatable bonds is 3. The summed E-state index contributed by atoms with van der Waals surface area (Å²) in [7, 11) is 0. The Kier molecular flexibility index (Phi) is 2.90. The molecule has 0 bridgehead atoms. The molecule has 74 valence electrons. The third-order valence-corrected chi connectivity index (χ3v) is 2.68. The molecule has 0 aromatic rings. The van der Waals surface area contributed by atoms with Crippen LogP contribution in [0, 0.1) is 5.92 Å². The van der Waals surface area contributed by atoms with Gasteiger partial charge in [0.15, 0.2) is 0 Å². The van der Waals surface area contributed by atoms with E-state index in [-0.39, 0.29) is 23.8 Å². The smallest absolute Gasteiger partial charge is 0.223 e. The number of likely N-dealkylation sites (tertiary alicyclic amines) is 1. The minimum Gasteiger partial charge on any atom is -0.369 e. The van der Waals surface area contributed by atoms with Crippen molar-refractivity contribution in [3.8, 4) is 0 Å². The van der Waals surface area contributed by atoms with Gasteiger partial charge in [0.2, 0.25) is 11.8 Å². The molecule has 0 aromatic heterocycles. The van der Waals surface area contributed by atoms with Crippen molar-refractivity contribution in [1.29, 1.82) is 0 Å². The molecule has 0 aromatic carbocycles. The van der Waals surface area contributed by atoms with Gasteiger partial charge in [0.1, 0.15) is 0 Å². The van der Waals surface area contributed by atoms with Gasteiger partial charge in [0.25, 0.3) is 0 Å². The number of nitrogens with two attached hydrogens (primary N) is 1. The van der Waals surface area contributed by atoms with Gasteiger partial charge >= 0.3 is 0 Å². The zero-order valence-electron chi connectivity index (χ0n) is 8.12. The van der Waals surface area contributed by atoms with Crippen molar-refractivity contribution < 1.29 is 9.59 Å². The van der Waals surface area contributed by atoms with Gasteiger partial charge in [-0.25, -0.2) is 0 Å². The van der Waals surface area contributed by atoms with Crippen LogP contribution in [0.4, 0.5) is 0 Å². The normalized spacial score (nSPS) is 24.9. The van der Waals surface area contributed by atoms with Crippen molar-refractivity contribution >= 4 is 11.8 Å². The van der Waals surface area contributed by atoms with Crippen molar-refractivity contribution in [3.05, 3.63) is 0 Å². The van der Waals surface area contributed by atoms with Gasteiger partial charge in [-0.1, -0.05) is 6.92 Å². The average Bonchev–Trinajstić information content (AvgIpc) is 2.46. The summed E-state index contributed by atoms with van der Waals surface area (Å²) in [6.45, 7) is 4.51. The lowest BCUT2D eigenvalue weighted by atomic mass is 10.1. The first-order chi connectivity index (χ1) is 6.06. The molecule has 0 spiro atoms. The summed E-state index contributed by atoms with van der Waals surface area (Å²) in [4.78, 5) is 24.0. The molecule has 1 aliphatic heterocycles. The van der Waals surface area contributed by atoms with Gasteiger partial charge in [-0.3, -0.25) is 9.59 Å². The number of carbonyl (C=O) groups excluding carboxylic acids is 2. The number of nitrogens with zero attached hydrogens (tertiary/aromatic N) is 1. The van der Waals surface area contributed by atoms with E-state index in [2.05, 4.69) is 0 Å². The third kappa shape index (κ3) is 1.99. The van der Waals surface area contributed by atoms with E-state index in [0.29, 0.717) is 13.0 Å². The Morgan fingerprint density at radius 2 is 2.38 bits per heavy atom. The standard InChI is InChI=1S/C9H16N2O2/c1-3-6(2)11-5-7(9(10)13)4-8(11)12/h6-7H,3-5H2,1-2H3,(H2,10,13)/t6-,7+/m0/s1. The highest BCUT2D eigenvalue weighted by Crippen LogP contribution is 2.20. The lowest BCUT2D eigenvalue weighted by molar-refractivity contribution is -0.129. The van der Waals surface area contributed by atoms with Gasteiger partial charge in [-0.15, -0.1) is 0 Å². The molecule has 1 saturated heterocycles. The van der Waals surface area contributed by atoms with Crippen molar-refractivity contribution in [3.63, 3.8) is 0 Å². The van der Waals surface area contributed by atoms with Crippen LogP contribution in [-0.4, -0.2) is 29.3 Å². The van der Waals surface area contributed by atoms with Crippen molar-refractivity contribution in [2.45, 2.75) is 32.7 Å². The fourth-order valence-corrected chi connectivity index (χ4v) is 1.57. The molecule has 1 fully saturated rings. The second-order valence-electron chi connectivity index (χ2n) is 3.61. The highest BCUT2D eigenvalue weighted by Gasteiger charge is 2.34. The summed E-state index contributed by atoms with van der Waals surface area (Å²) in [6.07, 6.45) is 1.21. The summed E-state index contributed by atoms with van der Waals surface area (Å²) in [5.74, 6) is -0.584. The van der Waals surface area contributed by atoms with E-state index in [4.69, 9.17) is 5.73 Å². The maximum absolute atomic E-state index is 11.4. The summed E-state index contributed by atoms with van der Waals surface area (Å²) < 4.78 is 0. The highest BCUT2D eigenvalue weighted by molar-refractivity contribution is 5.88. The third-order valence-electron chi connectivity index (χ3n) is 2.68. The maximum Gasteiger partial charge on any atom is 0.223 e. The number of carbonyl (C=O) groups is 2. The quantitative estimate of drug-likeness (QED) is 0.677. The van der Waals surface area contributed by atoms with E-state index in [1.165, 1.54) is 0 Å². The van der Waals surface area contributed by atoms with Gasteiger partial charge in [0, 0.05) is 19.0 Å². The first-order valence-corrected chi connectivity index (χ1v) is 4.65. The SMILES string of the molecule is CC[C@H](C)N1C[C@H](C(N)=O)CC1=O. The Bertz CT molecular complexity index is 228. The van der Waals surface area contributed by atoms with E-state index in [9.17, 15) is 9.59 Å². The molecule has 1 rings (SSSR count). The van der Waals surface area contributed by atoms with E-state index >= 15 is 0 Å². The van der Waals surface area contributed by atoms with Gasteiger partial charge in [0.05, 0.1) is 5.92 Å². The molecule has 0 radical (unpaired) electrons. The molecule has 13 heavy (non-hydrogen) atoms. The molecule has 0 aliphatic carbocycles. The van der Waals surface area contributed by atoms with Crippen LogP contribution in [0.5, 0.6) is 0 Å². The first kappa shape index (κ1) is 10.0. The molecule has 1 aliphatic rings. The fraction of sp³-hybridized carbons (Fsp3) is 0.778. The molecule has 2 N–H and O–H groups in total. The predicted molar refractivity (Wildman–Crippen MR) is 48.8 cm³/mol. The minimum atomic E-state index is -0.362. The first-order valence-electron chi connectivity index (χ1n) is 4.65. The topological polar surface area (TPSA) is 63.4 Å². The van der Waals surface area contributed by atoms with Crippen LogP contribution in [-0.2, 0) is 9.59 Å². The summed E-state index contributed by atoms with van der Waals surface area (Å²) in [5, 5.41) is 0. The molecule has 0 saturated carbocycles. The summed E-state index contributed by atoms with van der Waals surface area (Å²) in [5.41, 5.74) is 5.15. The van der Waals surface area contributed by atoms with Crippen LogP contribution in [0.2, 0.25) is 0 Å². The molecule has 4 heteroatoms. The second-order valence-corrected chi connectivity index (χ2v) is 3.61. The highest BCUT2D eigenvalue weighted by atomic mass is 16.2. The van der Waals surface area contributed by atoms with Crippen molar-refractivity contribution in [2.24, 2.45) is 11.7 Å². The van der Waals surface area contributed by atoms with E-state index in [1.807, 2.05) is 13.8 Å². The van der Waals surface area contributed by atoms with Crippen LogP contribution in [0.15, 0.2) is 0 Å². The minimum absolute atomic E-state index is 0.0538. The molecular weight excluding hydrogens is 168 g/mol. The summed E-state index contributed by atoms with van der Waals surface area (Å²) >= 11 is 0. The number of hydrogen-bond acceptors (Lipinski definition) is 2. The Morgan fingerprint density at radius 3 is 2.77 bits per heavy atom. The second kappa shape index (κ2) is 3.77. The van der Waals surface area contributed by atoms with Gasteiger partial charge in [-0.05, 0) is 13.3 Å². The van der Waals surface area contributed by atoms with Crippen LogP contribution in [0.3, 0.4) is 0 Å². The number of amides is 2. The molecule has 4 nitrogen and oxygen atoms in total. The van der Waals surface area contributed by atoms with Crippen LogP contribution < -0.4 is 5.73 Å². The van der Waals surface area contributed by atoms with Crippen LogP contribution in [0.25, 0.3) is 0 Å². The van der Waals surface area contributed by atoms with Gasteiger partial charge < -0.3 is 10.6 Å². The van der Waals surface area contributed by atoms with Crippen LogP contribution in [0.1, 0.15) is 26.7 Å². The van der Waals surface area contributed by atoms with E-state index in [1.54, 1.807) is 4.90 Å². The average molecular weight is 184 g/mol. The van der Waals surface area contributed by atoms with E-state index in [0.717, 1.165) is 6.42 Å². The molecular formula is C9H16N2O2. The number of primary amides is 1. The van der Waals surface area contributed by atoms with Crippen molar-refractivity contribution in [1.82, 2.24) is 4.90 Å². The zero-order valence-corrected chi connectivity index (χ0v) is 8.12. The molecule has 2 amide bonds. The van der Waals surface area contributed by atoms with Gasteiger partial charge in [-0.2, -0.15) is 0 Å². The Balaban J connectivity index is 2.61.